The van der Waals surface area contributed by atoms with Gasteiger partial charge >= 0.3 is 11.9 Å². The Hall–Kier alpha value is -2.62. The zero-order valence-corrected chi connectivity index (χ0v) is 13.8. The minimum atomic E-state index is -0.356. The van der Waals surface area contributed by atoms with Gasteiger partial charge in [-0.3, -0.25) is 9.59 Å². The first-order valence-electron chi connectivity index (χ1n) is 7.42. The van der Waals surface area contributed by atoms with Crippen LogP contribution in [-0.4, -0.2) is 11.9 Å². The molecule has 0 fully saturated rings. The maximum atomic E-state index is 11.3. The van der Waals surface area contributed by atoms with Crippen LogP contribution in [-0.2, 0) is 16.0 Å². The number of benzene rings is 2. The van der Waals surface area contributed by atoms with Crippen molar-refractivity contribution in [3.8, 4) is 11.5 Å². The fraction of sp³-hybridized carbons (Fsp3) is 0.263. The first kappa shape index (κ1) is 16.7. The Morgan fingerprint density at radius 1 is 0.783 bits per heavy atom. The number of esters is 2. The van der Waals surface area contributed by atoms with E-state index in [-0.39, 0.29) is 11.9 Å². The first-order chi connectivity index (χ1) is 10.9. The average Bonchev–Trinajstić information content (AvgIpc) is 2.45. The van der Waals surface area contributed by atoms with Gasteiger partial charge < -0.3 is 9.47 Å². The van der Waals surface area contributed by atoms with Gasteiger partial charge in [-0.15, -0.1) is 0 Å². The molecule has 23 heavy (non-hydrogen) atoms. The van der Waals surface area contributed by atoms with Crippen LogP contribution >= 0.6 is 0 Å². The van der Waals surface area contributed by atoms with E-state index in [9.17, 15) is 9.59 Å². The van der Waals surface area contributed by atoms with Gasteiger partial charge in [-0.25, -0.2) is 0 Å². The molecule has 0 radical (unpaired) electrons. The maximum absolute atomic E-state index is 11.3. The van der Waals surface area contributed by atoms with E-state index < -0.39 is 0 Å². The molecule has 0 saturated carbocycles. The van der Waals surface area contributed by atoms with Gasteiger partial charge in [0.05, 0.1) is 0 Å². The molecule has 0 aliphatic carbocycles. The lowest BCUT2D eigenvalue weighted by Crippen LogP contribution is -2.08. The zero-order valence-electron chi connectivity index (χ0n) is 13.8. The van der Waals surface area contributed by atoms with Gasteiger partial charge in [-0.05, 0) is 36.1 Å². The number of rotatable bonds is 4. The second-order valence-electron chi connectivity index (χ2n) is 5.49. The van der Waals surface area contributed by atoms with Crippen LogP contribution in [0.2, 0.25) is 0 Å². The Labute approximate surface area is 136 Å². The summed E-state index contributed by atoms with van der Waals surface area (Å²) in [6.45, 7) is 6.55. The van der Waals surface area contributed by atoms with E-state index in [1.165, 1.54) is 13.8 Å². The summed E-state index contributed by atoms with van der Waals surface area (Å²) in [7, 11) is 0. The number of para-hydroxylation sites is 2. The van der Waals surface area contributed by atoms with E-state index in [0.29, 0.717) is 17.9 Å². The van der Waals surface area contributed by atoms with Gasteiger partial charge in [0.15, 0.2) is 0 Å². The topological polar surface area (TPSA) is 52.6 Å². The van der Waals surface area contributed by atoms with Crippen LogP contribution in [0.25, 0.3) is 0 Å². The highest BCUT2D eigenvalue weighted by molar-refractivity contribution is 5.71. The minimum absolute atomic E-state index is 0.356. The van der Waals surface area contributed by atoms with Crippen LogP contribution in [0.5, 0.6) is 11.5 Å². The van der Waals surface area contributed by atoms with Crippen LogP contribution < -0.4 is 9.47 Å². The van der Waals surface area contributed by atoms with Crippen molar-refractivity contribution in [2.45, 2.75) is 34.1 Å². The molecule has 0 amide bonds. The summed E-state index contributed by atoms with van der Waals surface area (Å²) in [5.74, 6) is 0.417. The van der Waals surface area contributed by atoms with E-state index in [4.69, 9.17) is 9.47 Å². The molecule has 0 aliphatic rings. The van der Waals surface area contributed by atoms with E-state index in [2.05, 4.69) is 0 Å². The van der Waals surface area contributed by atoms with Crippen LogP contribution in [0.4, 0.5) is 0 Å². The number of ether oxygens (including phenoxy) is 2. The van der Waals surface area contributed by atoms with E-state index in [1.807, 2.05) is 50.2 Å². The minimum Gasteiger partial charge on any atom is -0.426 e. The number of hydrogen-bond donors (Lipinski definition) is 0. The molecule has 4 nitrogen and oxygen atoms in total. The summed E-state index contributed by atoms with van der Waals surface area (Å²) in [5.41, 5.74) is 3.53. The lowest BCUT2D eigenvalue weighted by Gasteiger charge is -2.15. The molecule has 0 heterocycles. The molecule has 0 aliphatic heterocycles. The van der Waals surface area contributed by atoms with Crippen LogP contribution in [0.15, 0.2) is 36.4 Å². The summed E-state index contributed by atoms with van der Waals surface area (Å²) in [6.07, 6.45) is 0.509. The fourth-order valence-corrected chi connectivity index (χ4v) is 2.49. The Morgan fingerprint density at radius 3 is 1.52 bits per heavy atom. The third-order valence-corrected chi connectivity index (χ3v) is 3.46. The third kappa shape index (κ3) is 4.19. The van der Waals surface area contributed by atoms with Gasteiger partial charge in [0.1, 0.15) is 11.5 Å². The second kappa shape index (κ2) is 7.09. The van der Waals surface area contributed by atoms with Gasteiger partial charge in [0.2, 0.25) is 0 Å². The molecule has 0 atom stereocenters. The quantitative estimate of drug-likeness (QED) is 0.637. The lowest BCUT2D eigenvalue weighted by atomic mass is 9.99. The van der Waals surface area contributed by atoms with E-state index >= 15 is 0 Å². The predicted molar refractivity (Wildman–Crippen MR) is 87.8 cm³/mol. The maximum Gasteiger partial charge on any atom is 0.308 e. The normalized spacial score (nSPS) is 10.3. The molecular formula is C19H20O4. The molecule has 0 unspecified atom stereocenters. The van der Waals surface area contributed by atoms with E-state index in [0.717, 1.165) is 22.3 Å². The highest BCUT2D eigenvalue weighted by Crippen LogP contribution is 2.31. The van der Waals surface area contributed by atoms with Crippen molar-refractivity contribution >= 4 is 11.9 Å². The molecule has 2 rings (SSSR count). The number of carbonyl (C=O) groups is 2. The Balaban J connectivity index is 2.44. The van der Waals surface area contributed by atoms with Gasteiger partial charge in [0, 0.05) is 20.3 Å². The van der Waals surface area contributed by atoms with Gasteiger partial charge in [0.25, 0.3) is 0 Å². The highest BCUT2D eigenvalue weighted by atomic mass is 16.5. The summed E-state index contributed by atoms with van der Waals surface area (Å²) >= 11 is 0. The van der Waals surface area contributed by atoms with Crippen LogP contribution in [0.3, 0.4) is 0 Å². The zero-order chi connectivity index (χ0) is 17.0. The second-order valence-corrected chi connectivity index (χ2v) is 5.49. The largest absolute Gasteiger partial charge is 0.426 e. The summed E-state index contributed by atoms with van der Waals surface area (Å²) in [5, 5.41) is 0. The predicted octanol–water partition coefficient (Wildman–Crippen LogP) is 3.74. The molecule has 0 saturated heterocycles. The summed E-state index contributed by atoms with van der Waals surface area (Å²) in [6, 6.07) is 11.4. The average molecular weight is 312 g/mol. The Kier molecular flexibility index (Phi) is 5.16. The SMILES string of the molecule is CC(=O)Oc1c(C)cccc1Cc1cccc(C)c1OC(C)=O. The summed E-state index contributed by atoms with van der Waals surface area (Å²) in [4.78, 5) is 22.7. The van der Waals surface area contributed by atoms with Crippen molar-refractivity contribution in [3.63, 3.8) is 0 Å². The smallest absolute Gasteiger partial charge is 0.308 e. The molecule has 2 aromatic rings. The fourth-order valence-electron chi connectivity index (χ4n) is 2.49. The number of hydrogen-bond acceptors (Lipinski definition) is 4. The molecule has 2 aromatic carbocycles. The van der Waals surface area contributed by atoms with Gasteiger partial charge in [-0.1, -0.05) is 36.4 Å². The standard InChI is InChI=1S/C19H20O4/c1-12-7-5-9-16(18(12)22-14(3)20)11-17-10-6-8-13(2)19(17)23-15(4)21/h5-10H,11H2,1-4H3. The lowest BCUT2D eigenvalue weighted by molar-refractivity contribution is -0.132. The monoisotopic (exact) mass is 312 g/mol. The highest BCUT2D eigenvalue weighted by Gasteiger charge is 2.14. The van der Waals surface area contributed by atoms with Crippen molar-refractivity contribution in [1.29, 1.82) is 0 Å². The molecule has 120 valence electrons. The molecule has 0 N–H and O–H groups in total. The van der Waals surface area contributed by atoms with Gasteiger partial charge in [-0.2, -0.15) is 0 Å². The molecule has 0 aromatic heterocycles. The van der Waals surface area contributed by atoms with Crippen molar-refractivity contribution in [2.24, 2.45) is 0 Å². The molecule has 0 spiro atoms. The van der Waals surface area contributed by atoms with Crippen LogP contribution in [0.1, 0.15) is 36.1 Å². The third-order valence-electron chi connectivity index (χ3n) is 3.46. The van der Waals surface area contributed by atoms with Crippen molar-refractivity contribution in [2.75, 3.05) is 0 Å². The molecule has 0 bridgehead atoms. The molecular weight excluding hydrogens is 292 g/mol. The number of carbonyl (C=O) groups excluding carboxylic acids is 2. The number of aryl methyl sites for hydroxylation is 2. The van der Waals surface area contributed by atoms with Crippen LogP contribution in [0, 0.1) is 13.8 Å². The van der Waals surface area contributed by atoms with Crippen molar-refractivity contribution in [1.82, 2.24) is 0 Å². The summed E-state index contributed by atoms with van der Waals surface area (Å²) < 4.78 is 10.7. The van der Waals surface area contributed by atoms with Crippen molar-refractivity contribution < 1.29 is 19.1 Å². The Bertz CT molecular complexity index is 684. The van der Waals surface area contributed by atoms with Crippen molar-refractivity contribution in [3.05, 3.63) is 58.7 Å². The molecule has 4 heteroatoms. The first-order valence-corrected chi connectivity index (χ1v) is 7.42. The Morgan fingerprint density at radius 2 is 1.17 bits per heavy atom. The van der Waals surface area contributed by atoms with E-state index in [1.54, 1.807) is 0 Å².